The predicted molar refractivity (Wildman–Crippen MR) is 87.9 cm³/mol. The highest BCUT2D eigenvalue weighted by Gasteiger charge is 2.13. The number of nitrogens with zero attached hydrogens (tertiary/aromatic N) is 4. The number of rotatable bonds is 5. The monoisotopic (exact) mass is 359 g/mol. The van der Waals surface area contributed by atoms with Crippen molar-refractivity contribution in [3.63, 3.8) is 0 Å². The van der Waals surface area contributed by atoms with Gasteiger partial charge in [0.05, 0.1) is 24.1 Å². The van der Waals surface area contributed by atoms with Crippen LogP contribution in [0.15, 0.2) is 40.2 Å². The summed E-state index contributed by atoms with van der Waals surface area (Å²) in [6.45, 7) is 1.96. The standard InChI is InChI=1S/C15H14FN7O3/c1-8(5-18-14(25)11-4-13(24)20-15(26)19-11)23-7-12(21-22-23)10-3-2-9(16)6-17-10/h2-4,6-8H,5H2,1H3,(H,18,25)(H2,19,20,24,26). The minimum atomic E-state index is -0.761. The van der Waals surface area contributed by atoms with Gasteiger partial charge in [-0.15, -0.1) is 5.10 Å². The van der Waals surface area contributed by atoms with E-state index in [4.69, 9.17) is 0 Å². The van der Waals surface area contributed by atoms with Gasteiger partial charge in [-0.25, -0.2) is 13.9 Å². The van der Waals surface area contributed by atoms with Crippen LogP contribution in [-0.2, 0) is 0 Å². The Labute approximate surface area is 145 Å². The lowest BCUT2D eigenvalue weighted by atomic mass is 10.3. The van der Waals surface area contributed by atoms with E-state index in [9.17, 15) is 18.8 Å². The van der Waals surface area contributed by atoms with Crippen molar-refractivity contribution < 1.29 is 9.18 Å². The number of hydrogen-bond donors (Lipinski definition) is 3. The number of aromatic nitrogens is 6. The van der Waals surface area contributed by atoms with Gasteiger partial charge >= 0.3 is 5.69 Å². The molecule has 0 saturated heterocycles. The van der Waals surface area contributed by atoms with Gasteiger partial charge in [-0.05, 0) is 19.1 Å². The van der Waals surface area contributed by atoms with Gasteiger partial charge in [0.1, 0.15) is 17.2 Å². The first kappa shape index (κ1) is 17.2. The molecule has 1 amide bonds. The molecule has 0 aliphatic rings. The summed E-state index contributed by atoms with van der Waals surface area (Å²) in [6.07, 6.45) is 2.70. The maximum atomic E-state index is 12.9. The van der Waals surface area contributed by atoms with Crippen LogP contribution in [0.5, 0.6) is 0 Å². The minimum Gasteiger partial charge on any atom is -0.349 e. The number of halogens is 1. The summed E-state index contributed by atoms with van der Waals surface area (Å²) in [5.74, 6) is -1.05. The van der Waals surface area contributed by atoms with Gasteiger partial charge in [0.2, 0.25) is 0 Å². The highest BCUT2D eigenvalue weighted by atomic mass is 19.1. The molecule has 1 atom stereocenters. The molecule has 3 N–H and O–H groups in total. The molecule has 3 aromatic heterocycles. The smallest absolute Gasteiger partial charge is 0.326 e. The van der Waals surface area contributed by atoms with E-state index in [1.807, 2.05) is 4.98 Å². The summed E-state index contributed by atoms with van der Waals surface area (Å²) >= 11 is 0. The number of hydrogen-bond acceptors (Lipinski definition) is 6. The fourth-order valence-electron chi connectivity index (χ4n) is 2.16. The molecule has 11 heteroatoms. The minimum absolute atomic E-state index is 0.138. The van der Waals surface area contributed by atoms with Crippen molar-refractivity contribution in [1.29, 1.82) is 0 Å². The zero-order valence-corrected chi connectivity index (χ0v) is 13.6. The summed E-state index contributed by atoms with van der Waals surface area (Å²) in [7, 11) is 0. The van der Waals surface area contributed by atoms with Crippen molar-refractivity contribution in [3.8, 4) is 11.4 Å². The second kappa shape index (κ2) is 7.09. The molecule has 0 aliphatic carbocycles. The number of carbonyl (C=O) groups excluding carboxylic acids is 1. The summed E-state index contributed by atoms with van der Waals surface area (Å²) in [6, 6.07) is 3.48. The molecule has 134 valence electrons. The lowest BCUT2D eigenvalue weighted by Crippen LogP contribution is -2.33. The quantitative estimate of drug-likeness (QED) is 0.579. The average Bonchev–Trinajstić information content (AvgIpc) is 3.09. The molecule has 26 heavy (non-hydrogen) atoms. The highest BCUT2D eigenvalue weighted by molar-refractivity contribution is 5.92. The third-order valence-corrected chi connectivity index (χ3v) is 3.51. The first-order chi connectivity index (χ1) is 12.4. The van der Waals surface area contributed by atoms with E-state index in [0.29, 0.717) is 11.4 Å². The number of amides is 1. The molecule has 0 aliphatic heterocycles. The zero-order chi connectivity index (χ0) is 18.7. The summed E-state index contributed by atoms with van der Waals surface area (Å²) in [5, 5.41) is 10.5. The molecule has 0 aromatic carbocycles. The van der Waals surface area contributed by atoms with Crippen molar-refractivity contribution in [2.45, 2.75) is 13.0 Å². The van der Waals surface area contributed by atoms with E-state index in [1.54, 1.807) is 13.1 Å². The van der Waals surface area contributed by atoms with E-state index >= 15 is 0 Å². The Kier molecular flexibility index (Phi) is 4.69. The van der Waals surface area contributed by atoms with Crippen LogP contribution < -0.4 is 16.6 Å². The van der Waals surface area contributed by atoms with Crippen LogP contribution in [0.25, 0.3) is 11.4 Å². The molecular weight excluding hydrogens is 345 g/mol. The van der Waals surface area contributed by atoms with E-state index in [0.717, 1.165) is 12.3 Å². The second-order valence-corrected chi connectivity index (χ2v) is 5.51. The van der Waals surface area contributed by atoms with Gasteiger partial charge in [0, 0.05) is 12.6 Å². The lowest BCUT2D eigenvalue weighted by Gasteiger charge is -2.12. The number of carbonyl (C=O) groups is 1. The molecule has 3 rings (SSSR count). The van der Waals surface area contributed by atoms with E-state index in [-0.39, 0.29) is 18.3 Å². The van der Waals surface area contributed by atoms with Gasteiger partial charge in [-0.2, -0.15) is 0 Å². The molecule has 3 aromatic rings. The maximum absolute atomic E-state index is 12.9. The predicted octanol–water partition coefficient (Wildman–Crippen LogP) is -0.153. The summed E-state index contributed by atoms with van der Waals surface area (Å²) < 4.78 is 14.4. The topological polar surface area (TPSA) is 138 Å². The van der Waals surface area contributed by atoms with Gasteiger partial charge in [0.15, 0.2) is 0 Å². The highest BCUT2D eigenvalue weighted by Crippen LogP contribution is 2.15. The van der Waals surface area contributed by atoms with Crippen molar-refractivity contribution in [1.82, 2.24) is 35.3 Å². The van der Waals surface area contributed by atoms with E-state index in [1.165, 1.54) is 16.8 Å². The Morgan fingerprint density at radius 3 is 2.81 bits per heavy atom. The van der Waals surface area contributed by atoms with Crippen LogP contribution in [0.2, 0.25) is 0 Å². The molecule has 10 nitrogen and oxygen atoms in total. The Morgan fingerprint density at radius 2 is 2.12 bits per heavy atom. The number of aromatic amines is 2. The Balaban J connectivity index is 1.66. The van der Waals surface area contributed by atoms with Crippen LogP contribution in [0, 0.1) is 5.82 Å². The third-order valence-electron chi connectivity index (χ3n) is 3.51. The van der Waals surface area contributed by atoms with Crippen molar-refractivity contribution >= 4 is 5.91 Å². The SMILES string of the molecule is CC(CNC(=O)c1cc(=O)[nH]c(=O)[nH]1)n1cc(-c2ccc(F)cn2)nn1. The van der Waals surface area contributed by atoms with Gasteiger partial charge in [0.25, 0.3) is 11.5 Å². The lowest BCUT2D eigenvalue weighted by molar-refractivity contribution is 0.0942. The molecular formula is C15H14FN7O3. The van der Waals surface area contributed by atoms with Crippen LogP contribution in [0.4, 0.5) is 4.39 Å². The third kappa shape index (κ3) is 3.88. The summed E-state index contributed by atoms with van der Waals surface area (Å²) in [5.41, 5.74) is -0.638. The Hall–Kier alpha value is -3.63. The number of nitrogens with one attached hydrogen (secondary N) is 3. The van der Waals surface area contributed by atoms with Gasteiger partial charge < -0.3 is 10.3 Å². The van der Waals surface area contributed by atoms with E-state index in [2.05, 4.69) is 25.6 Å². The average molecular weight is 359 g/mol. The number of pyridine rings is 1. The second-order valence-electron chi connectivity index (χ2n) is 5.51. The molecule has 0 radical (unpaired) electrons. The first-order valence-corrected chi connectivity index (χ1v) is 7.58. The van der Waals surface area contributed by atoms with Gasteiger partial charge in [-0.1, -0.05) is 5.21 Å². The van der Waals surface area contributed by atoms with Crippen molar-refractivity contribution in [2.24, 2.45) is 0 Å². The van der Waals surface area contributed by atoms with Crippen molar-refractivity contribution in [2.75, 3.05) is 6.54 Å². The van der Waals surface area contributed by atoms with Gasteiger partial charge in [-0.3, -0.25) is 19.6 Å². The normalized spacial score (nSPS) is 11.9. The molecule has 0 bridgehead atoms. The largest absolute Gasteiger partial charge is 0.349 e. The molecule has 1 unspecified atom stereocenters. The Bertz CT molecular complexity index is 1010. The van der Waals surface area contributed by atoms with Crippen LogP contribution >= 0.6 is 0 Å². The Morgan fingerprint density at radius 1 is 1.31 bits per heavy atom. The summed E-state index contributed by atoms with van der Waals surface area (Å²) in [4.78, 5) is 42.6. The fraction of sp³-hybridized carbons (Fsp3) is 0.200. The van der Waals surface area contributed by atoms with Crippen molar-refractivity contribution in [3.05, 3.63) is 62.9 Å². The number of H-pyrrole nitrogens is 2. The van der Waals surface area contributed by atoms with Crippen LogP contribution in [0.1, 0.15) is 23.5 Å². The van der Waals surface area contributed by atoms with Crippen LogP contribution in [0.3, 0.4) is 0 Å². The maximum Gasteiger partial charge on any atom is 0.326 e. The molecule has 0 fully saturated rings. The van der Waals surface area contributed by atoms with E-state index < -0.39 is 23.0 Å². The molecule has 0 saturated carbocycles. The van der Waals surface area contributed by atoms with Crippen LogP contribution in [-0.4, -0.2) is 42.4 Å². The molecule has 3 heterocycles. The fourth-order valence-corrected chi connectivity index (χ4v) is 2.16. The zero-order valence-electron chi connectivity index (χ0n) is 13.6. The molecule has 0 spiro atoms. The first-order valence-electron chi connectivity index (χ1n) is 7.58.